The quantitative estimate of drug-likeness (QED) is 0.810. The average Bonchev–Trinajstić information content (AvgIpc) is 2.50. The first-order chi connectivity index (χ1) is 7.09. The molecule has 4 nitrogen and oxygen atoms in total. The Kier molecular flexibility index (Phi) is 2.75. The molecule has 2 heterocycles. The van der Waals surface area contributed by atoms with Gasteiger partial charge in [0.1, 0.15) is 11.6 Å². The molecule has 0 amide bonds. The summed E-state index contributed by atoms with van der Waals surface area (Å²) in [6, 6.07) is 1.72. The first-order valence-electron chi connectivity index (χ1n) is 4.30. The van der Waals surface area contributed by atoms with Crippen LogP contribution in [0.15, 0.2) is 16.7 Å². The van der Waals surface area contributed by atoms with Crippen LogP contribution >= 0.6 is 27.5 Å². The average molecular weight is 288 g/mol. The molecule has 0 atom stereocenters. The lowest BCUT2D eigenvalue weighted by Crippen LogP contribution is -2.03. The Labute approximate surface area is 100 Å². The highest BCUT2D eigenvalue weighted by Gasteiger charge is 2.11. The van der Waals surface area contributed by atoms with E-state index in [2.05, 4.69) is 31.0 Å². The first kappa shape index (κ1) is 10.6. The number of halogens is 2. The van der Waals surface area contributed by atoms with Crippen LogP contribution in [0.25, 0.3) is 5.82 Å². The van der Waals surface area contributed by atoms with Crippen molar-refractivity contribution in [2.45, 2.75) is 13.8 Å². The molecule has 2 aromatic rings. The summed E-state index contributed by atoms with van der Waals surface area (Å²) in [5, 5.41) is 4.84. The molecule has 0 saturated carbocycles. The second kappa shape index (κ2) is 3.90. The highest BCUT2D eigenvalue weighted by molar-refractivity contribution is 9.10. The maximum atomic E-state index is 5.97. The third-order valence-electron chi connectivity index (χ3n) is 1.90. The van der Waals surface area contributed by atoms with E-state index in [1.54, 1.807) is 16.9 Å². The van der Waals surface area contributed by atoms with E-state index in [1.165, 1.54) is 0 Å². The Balaban J connectivity index is 2.64. The molecule has 0 aromatic carbocycles. The van der Waals surface area contributed by atoms with Crippen LogP contribution in [-0.4, -0.2) is 19.7 Å². The molecule has 0 aliphatic heterocycles. The minimum atomic E-state index is 0.604. The molecule has 2 aromatic heterocycles. The van der Waals surface area contributed by atoms with Crippen molar-refractivity contribution in [3.05, 3.63) is 33.4 Å². The Morgan fingerprint density at radius 2 is 2.13 bits per heavy atom. The van der Waals surface area contributed by atoms with Crippen molar-refractivity contribution in [1.29, 1.82) is 0 Å². The van der Waals surface area contributed by atoms with Crippen LogP contribution in [-0.2, 0) is 0 Å². The predicted octanol–water partition coefficient (Wildman–Crippen LogP) is 2.70. The van der Waals surface area contributed by atoms with Crippen molar-refractivity contribution in [2.24, 2.45) is 0 Å². The molecule has 0 N–H and O–H groups in total. The minimum Gasteiger partial charge on any atom is -0.236 e. The molecule has 78 valence electrons. The number of rotatable bonds is 1. The molecular formula is C9H8BrClN4. The van der Waals surface area contributed by atoms with E-state index in [-0.39, 0.29) is 0 Å². The van der Waals surface area contributed by atoms with Gasteiger partial charge in [0.15, 0.2) is 5.82 Å². The summed E-state index contributed by atoms with van der Waals surface area (Å²) in [6.07, 6.45) is 1.64. The number of pyridine rings is 1. The largest absolute Gasteiger partial charge is 0.236 e. The predicted molar refractivity (Wildman–Crippen MR) is 61.3 cm³/mol. The van der Waals surface area contributed by atoms with Gasteiger partial charge < -0.3 is 0 Å². The lowest BCUT2D eigenvalue weighted by Gasteiger charge is -2.05. The van der Waals surface area contributed by atoms with Gasteiger partial charge in [0.05, 0.1) is 9.50 Å². The summed E-state index contributed by atoms with van der Waals surface area (Å²) in [7, 11) is 0. The summed E-state index contributed by atoms with van der Waals surface area (Å²) in [6.45, 7) is 3.71. The van der Waals surface area contributed by atoms with Gasteiger partial charge in [-0.1, -0.05) is 11.6 Å². The number of aromatic nitrogens is 4. The van der Waals surface area contributed by atoms with Crippen LogP contribution in [0.5, 0.6) is 0 Å². The van der Waals surface area contributed by atoms with E-state index in [9.17, 15) is 0 Å². The van der Waals surface area contributed by atoms with Crippen LogP contribution in [0.2, 0.25) is 5.02 Å². The molecule has 0 unspecified atom stereocenters. The van der Waals surface area contributed by atoms with Crippen molar-refractivity contribution >= 4 is 27.5 Å². The fourth-order valence-electron chi connectivity index (χ4n) is 1.28. The smallest absolute Gasteiger partial charge is 0.171 e. The van der Waals surface area contributed by atoms with Gasteiger partial charge in [-0.2, -0.15) is 4.68 Å². The fourth-order valence-corrected chi connectivity index (χ4v) is 1.82. The van der Waals surface area contributed by atoms with Crippen LogP contribution in [0, 0.1) is 13.8 Å². The maximum Gasteiger partial charge on any atom is 0.171 e. The Hall–Kier alpha value is -0.940. The van der Waals surface area contributed by atoms with Crippen LogP contribution < -0.4 is 0 Å². The molecule has 0 saturated heterocycles. The summed E-state index contributed by atoms with van der Waals surface area (Å²) < 4.78 is 2.38. The monoisotopic (exact) mass is 286 g/mol. The summed E-state index contributed by atoms with van der Waals surface area (Å²) in [4.78, 5) is 8.42. The van der Waals surface area contributed by atoms with Crippen molar-refractivity contribution in [3.8, 4) is 5.82 Å². The Bertz CT molecular complexity index is 509. The number of aryl methyl sites for hydroxylation is 2. The van der Waals surface area contributed by atoms with Crippen molar-refractivity contribution in [1.82, 2.24) is 19.7 Å². The summed E-state index contributed by atoms with van der Waals surface area (Å²) in [5.41, 5.74) is 0. The number of hydrogen-bond acceptors (Lipinski definition) is 3. The lowest BCUT2D eigenvalue weighted by atomic mass is 10.4. The summed E-state index contributed by atoms with van der Waals surface area (Å²) >= 11 is 9.35. The van der Waals surface area contributed by atoms with Gasteiger partial charge in [-0.15, -0.1) is 5.10 Å². The van der Waals surface area contributed by atoms with E-state index in [4.69, 9.17) is 11.6 Å². The van der Waals surface area contributed by atoms with E-state index in [0.717, 1.165) is 10.3 Å². The standard InChI is InChI=1S/C9H8BrClN4/c1-5-13-6(2)15(14-5)9-8(10)7(11)3-4-12-9/h3-4H,1-2H3. The van der Waals surface area contributed by atoms with Gasteiger partial charge in [0.2, 0.25) is 0 Å². The second-order valence-electron chi connectivity index (χ2n) is 3.05. The topological polar surface area (TPSA) is 43.6 Å². The van der Waals surface area contributed by atoms with Crippen LogP contribution in [0.1, 0.15) is 11.6 Å². The van der Waals surface area contributed by atoms with Gasteiger partial charge in [-0.25, -0.2) is 9.97 Å². The van der Waals surface area contributed by atoms with Gasteiger partial charge in [0.25, 0.3) is 0 Å². The molecule has 0 aliphatic rings. The zero-order valence-corrected chi connectivity index (χ0v) is 10.5. The fraction of sp³-hybridized carbons (Fsp3) is 0.222. The normalized spacial score (nSPS) is 10.7. The molecule has 6 heteroatoms. The van der Waals surface area contributed by atoms with Crippen molar-refractivity contribution in [2.75, 3.05) is 0 Å². The first-order valence-corrected chi connectivity index (χ1v) is 5.47. The zero-order chi connectivity index (χ0) is 11.0. The number of nitrogens with zero attached hydrogens (tertiary/aromatic N) is 4. The van der Waals surface area contributed by atoms with E-state index in [1.807, 2.05) is 13.8 Å². The van der Waals surface area contributed by atoms with Crippen LogP contribution in [0.4, 0.5) is 0 Å². The van der Waals surface area contributed by atoms with E-state index >= 15 is 0 Å². The van der Waals surface area contributed by atoms with Gasteiger partial charge in [-0.05, 0) is 35.8 Å². The third-order valence-corrected chi connectivity index (χ3v) is 3.22. The molecule has 0 spiro atoms. The van der Waals surface area contributed by atoms with Crippen molar-refractivity contribution < 1.29 is 0 Å². The third kappa shape index (κ3) is 1.89. The number of hydrogen-bond donors (Lipinski definition) is 0. The molecular weight excluding hydrogens is 279 g/mol. The van der Waals surface area contributed by atoms with Gasteiger partial charge in [-0.3, -0.25) is 0 Å². The Morgan fingerprint density at radius 1 is 1.40 bits per heavy atom. The molecule has 0 aliphatic carbocycles. The Morgan fingerprint density at radius 3 is 2.73 bits per heavy atom. The molecule has 15 heavy (non-hydrogen) atoms. The minimum absolute atomic E-state index is 0.604. The van der Waals surface area contributed by atoms with E-state index in [0.29, 0.717) is 16.7 Å². The summed E-state index contributed by atoms with van der Waals surface area (Å²) in [5.74, 6) is 2.14. The van der Waals surface area contributed by atoms with Crippen molar-refractivity contribution in [3.63, 3.8) is 0 Å². The lowest BCUT2D eigenvalue weighted by molar-refractivity contribution is 0.799. The second-order valence-corrected chi connectivity index (χ2v) is 4.25. The molecule has 0 bridgehead atoms. The van der Waals surface area contributed by atoms with Crippen LogP contribution in [0.3, 0.4) is 0 Å². The highest BCUT2D eigenvalue weighted by atomic mass is 79.9. The molecule has 0 fully saturated rings. The highest BCUT2D eigenvalue weighted by Crippen LogP contribution is 2.27. The van der Waals surface area contributed by atoms with Gasteiger partial charge >= 0.3 is 0 Å². The molecule has 2 rings (SSSR count). The van der Waals surface area contributed by atoms with E-state index < -0.39 is 0 Å². The maximum absolute atomic E-state index is 5.97. The SMILES string of the molecule is Cc1nc(C)n(-c2nccc(Cl)c2Br)n1. The molecule has 0 radical (unpaired) electrons. The van der Waals surface area contributed by atoms with Gasteiger partial charge in [0, 0.05) is 6.20 Å². The zero-order valence-electron chi connectivity index (χ0n) is 8.20.